The fourth-order valence-corrected chi connectivity index (χ4v) is 11.1. The Morgan fingerprint density at radius 1 is 0.468 bits per heavy atom. The number of ether oxygens (including phenoxy) is 3. The number of halogens is 12. The maximum absolute atomic E-state index is 15.0. The monoisotopic (exact) mass is 1090 g/mol. The lowest BCUT2D eigenvalue weighted by Crippen LogP contribution is -2.61. The number of hydrogen-bond donors (Lipinski definition) is 0. The number of likely N-dealkylation sites (N-methyl/N-ethyl adjacent to an activating group) is 1. The van der Waals surface area contributed by atoms with Gasteiger partial charge in [-0.3, -0.25) is 0 Å². The summed E-state index contributed by atoms with van der Waals surface area (Å²) in [6.07, 6.45) is -19.3. The van der Waals surface area contributed by atoms with Gasteiger partial charge in [0.25, 0.3) is 0 Å². The zero-order chi connectivity index (χ0) is 57.1. The first kappa shape index (κ1) is 58.7. The van der Waals surface area contributed by atoms with Crippen LogP contribution in [0.1, 0.15) is 117 Å². The molecule has 16 heteroatoms. The molecule has 1 atom stereocenters. The highest BCUT2D eigenvalue weighted by atomic mass is 19.4. The molecule has 1 aliphatic rings. The second-order valence-electron chi connectivity index (χ2n) is 22.5. The Bertz CT molecular complexity index is 2830. The molecule has 4 nitrogen and oxygen atoms in total. The summed E-state index contributed by atoms with van der Waals surface area (Å²) in [5.41, 5.74) is -6.85. The lowest BCUT2D eigenvalue weighted by molar-refractivity contribution is -0.963. The van der Waals surface area contributed by atoms with Crippen molar-refractivity contribution in [2.24, 2.45) is 0 Å². The third kappa shape index (κ3) is 12.2. The topological polar surface area (TPSA) is 27.7 Å². The van der Waals surface area contributed by atoms with Crippen molar-refractivity contribution >= 4 is 0 Å². The molecular weight excluding hydrogens is 1020 g/mol. The molecule has 6 aromatic carbocycles. The predicted molar refractivity (Wildman–Crippen MR) is 276 cm³/mol. The fourth-order valence-electron chi connectivity index (χ4n) is 11.1. The molecule has 0 spiro atoms. The van der Waals surface area contributed by atoms with Crippen LogP contribution in [0, 0.1) is 0 Å². The Labute approximate surface area is 442 Å². The molecule has 0 aliphatic carbocycles. The average Bonchev–Trinajstić information content (AvgIpc) is 3.56. The zero-order valence-electron chi connectivity index (χ0n) is 44.9. The first-order chi connectivity index (χ1) is 35.6. The van der Waals surface area contributed by atoms with Crippen molar-refractivity contribution in [2.45, 2.75) is 134 Å². The van der Waals surface area contributed by atoms with Crippen LogP contribution in [0.5, 0.6) is 11.5 Å². The molecule has 1 heterocycles. The van der Waals surface area contributed by atoms with Crippen LogP contribution in [0.15, 0.2) is 109 Å². The Morgan fingerprint density at radius 2 is 0.779 bits per heavy atom. The fraction of sp³-hybridized carbons (Fsp3) is 0.410. The molecule has 0 N–H and O–H groups in total. The third-order valence-corrected chi connectivity index (χ3v) is 15.3. The molecule has 414 valence electrons. The van der Waals surface area contributed by atoms with Gasteiger partial charge in [0.05, 0.1) is 43.5 Å². The Morgan fingerprint density at radius 3 is 1.04 bits per heavy atom. The number of benzene rings is 6. The quantitative estimate of drug-likeness (QED) is 0.0852. The van der Waals surface area contributed by atoms with Crippen molar-refractivity contribution in [1.82, 2.24) is 0 Å². The summed E-state index contributed by atoms with van der Waals surface area (Å²) >= 11 is 0. The lowest BCUT2D eigenvalue weighted by atomic mass is 9.76. The molecule has 1 aliphatic heterocycles. The van der Waals surface area contributed by atoms with Gasteiger partial charge in [0.2, 0.25) is 0 Å². The first-order valence-corrected chi connectivity index (χ1v) is 25.1. The minimum absolute atomic E-state index is 0.0185. The van der Waals surface area contributed by atoms with Gasteiger partial charge in [-0.2, -0.15) is 52.7 Å². The van der Waals surface area contributed by atoms with Crippen molar-refractivity contribution in [1.29, 1.82) is 0 Å². The first-order valence-electron chi connectivity index (χ1n) is 25.1. The molecule has 0 radical (unpaired) electrons. The van der Waals surface area contributed by atoms with E-state index in [1.807, 2.05) is 74.6 Å². The van der Waals surface area contributed by atoms with Crippen molar-refractivity contribution in [3.63, 3.8) is 0 Å². The van der Waals surface area contributed by atoms with E-state index in [-0.39, 0.29) is 74.6 Å². The summed E-state index contributed by atoms with van der Waals surface area (Å²) in [7, 11) is 5.94. The van der Waals surface area contributed by atoms with E-state index in [1.54, 1.807) is 60.8 Å². The Hall–Kier alpha value is -6.00. The molecule has 0 aromatic heterocycles. The van der Waals surface area contributed by atoms with E-state index in [4.69, 9.17) is 14.2 Å². The number of aryl methyl sites for hydroxylation is 2. The summed E-state index contributed by atoms with van der Waals surface area (Å²) in [6.45, 7) is 12.2. The van der Waals surface area contributed by atoms with Gasteiger partial charge in [-0.25, -0.2) is 0 Å². The number of fused-ring (bicyclic) bond motifs is 3. The van der Waals surface area contributed by atoms with E-state index in [9.17, 15) is 52.7 Å². The molecule has 7 rings (SSSR count). The van der Waals surface area contributed by atoms with E-state index >= 15 is 0 Å². The van der Waals surface area contributed by atoms with Crippen LogP contribution < -0.4 is 9.47 Å². The minimum atomic E-state index is -5.25. The van der Waals surface area contributed by atoms with Crippen molar-refractivity contribution in [3.8, 4) is 44.9 Å². The van der Waals surface area contributed by atoms with Gasteiger partial charge < -0.3 is 18.7 Å². The van der Waals surface area contributed by atoms with E-state index in [0.717, 1.165) is 11.1 Å². The van der Waals surface area contributed by atoms with Gasteiger partial charge in [0.1, 0.15) is 36.2 Å². The molecule has 0 unspecified atom stereocenters. The highest BCUT2D eigenvalue weighted by Gasteiger charge is 2.51. The SMILES string of the molecule is COc1c(C(C)(C)C)cc2c(c1-c1cc(C(F)(F)F)cc(C(F)(F)F)c1)C[N+](C)([C@@H](C)C(CCc1ccccc1)(CCc1ccccc1)OC)Cc1c-2cc(C(C)(C)C)c(OC)c1-c1cc(C(F)(F)F)cc(C(F)(F)F)c1. The summed E-state index contributed by atoms with van der Waals surface area (Å²) in [6, 6.07) is 24.6. The van der Waals surface area contributed by atoms with Crippen molar-refractivity contribution in [2.75, 3.05) is 28.4 Å². The summed E-state index contributed by atoms with van der Waals surface area (Å²) in [4.78, 5) is 0. The number of hydrogen-bond acceptors (Lipinski definition) is 3. The second kappa shape index (κ2) is 21.0. The normalized spacial score (nSPS) is 14.9. The predicted octanol–water partition coefficient (Wildman–Crippen LogP) is 17.9. The van der Waals surface area contributed by atoms with Gasteiger partial charge in [-0.1, -0.05) is 102 Å². The standard InChI is InChI=1S/C61H64F12NO3/c1-36(57(77-11,24-22-37-18-14-12-15-19-37)25-23-38-20-16-13-17-21-38)74(8)34-47-45(32-49(55(2,3)4)53(75-9)51(47)39-26-41(58(62,63)64)30-42(27-39)59(65,66)67)46-33-50(56(5,6)7)54(76-10)52(48(46)35-74)40-28-43(60(68,69)70)31-44(29-40)61(71,72)73/h12-21,26-33,36H,22-25,34-35H2,1-11H3/q+1/t36-/m0/s1. The van der Waals surface area contributed by atoms with E-state index in [0.29, 0.717) is 61.1 Å². The van der Waals surface area contributed by atoms with Gasteiger partial charge in [0, 0.05) is 40.5 Å². The van der Waals surface area contributed by atoms with Crippen LogP contribution in [-0.4, -0.2) is 44.5 Å². The largest absolute Gasteiger partial charge is 0.496 e. The number of nitrogens with zero attached hydrogens (tertiary/aromatic N) is 1. The van der Waals surface area contributed by atoms with Gasteiger partial charge in [-0.05, 0) is 125 Å². The molecule has 0 amide bonds. The van der Waals surface area contributed by atoms with E-state index in [1.165, 1.54) is 14.2 Å². The molecule has 77 heavy (non-hydrogen) atoms. The molecule has 0 saturated carbocycles. The zero-order valence-corrected chi connectivity index (χ0v) is 44.9. The Kier molecular flexibility index (Phi) is 16.0. The van der Waals surface area contributed by atoms with E-state index in [2.05, 4.69) is 0 Å². The number of alkyl halides is 12. The second-order valence-corrected chi connectivity index (χ2v) is 22.5. The minimum Gasteiger partial charge on any atom is -0.496 e. The summed E-state index contributed by atoms with van der Waals surface area (Å²) in [5, 5.41) is 0. The number of rotatable bonds is 13. The number of methoxy groups -OCH3 is 3. The smallest absolute Gasteiger partial charge is 0.416 e. The number of quaternary nitrogens is 1. The van der Waals surface area contributed by atoms with Gasteiger partial charge >= 0.3 is 24.7 Å². The van der Waals surface area contributed by atoms with Crippen LogP contribution in [-0.2, 0) is 66.2 Å². The lowest BCUT2D eigenvalue weighted by Gasteiger charge is -2.49. The maximum atomic E-state index is 15.0. The molecule has 0 bridgehead atoms. The molecule has 6 aromatic rings. The summed E-state index contributed by atoms with van der Waals surface area (Å²) in [5.74, 6) is -0.0371. The average molecular weight is 1090 g/mol. The van der Waals surface area contributed by atoms with E-state index < -0.39 is 80.6 Å². The Balaban J connectivity index is 1.72. The third-order valence-electron chi connectivity index (χ3n) is 15.3. The highest BCUT2D eigenvalue weighted by Crippen LogP contribution is 2.56. The van der Waals surface area contributed by atoms with Gasteiger partial charge in [0.15, 0.2) is 0 Å². The van der Waals surface area contributed by atoms with Crippen molar-refractivity contribution < 1.29 is 71.4 Å². The maximum Gasteiger partial charge on any atom is 0.416 e. The van der Waals surface area contributed by atoms with Crippen LogP contribution in [0.25, 0.3) is 33.4 Å². The molecular formula is C61H64F12NO3+. The van der Waals surface area contributed by atoms with Crippen LogP contribution >= 0.6 is 0 Å². The van der Waals surface area contributed by atoms with Gasteiger partial charge in [-0.15, -0.1) is 0 Å². The highest BCUT2D eigenvalue weighted by molar-refractivity contribution is 5.91. The van der Waals surface area contributed by atoms with Crippen molar-refractivity contribution in [3.05, 3.63) is 165 Å². The molecule has 0 saturated heterocycles. The summed E-state index contributed by atoms with van der Waals surface area (Å²) < 4.78 is 198. The van der Waals surface area contributed by atoms with Crippen LogP contribution in [0.2, 0.25) is 0 Å². The molecule has 0 fully saturated rings. The van der Waals surface area contributed by atoms with Crippen LogP contribution in [0.3, 0.4) is 0 Å². The van der Waals surface area contributed by atoms with Crippen LogP contribution in [0.4, 0.5) is 52.7 Å².